The average Bonchev–Trinajstić information content (AvgIpc) is 2.98. The highest BCUT2D eigenvalue weighted by molar-refractivity contribution is 7.84. The van der Waals surface area contributed by atoms with Crippen LogP contribution < -0.4 is 10.6 Å². The maximum absolute atomic E-state index is 11.7. The van der Waals surface area contributed by atoms with Gasteiger partial charge in [0.05, 0.1) is 6.54 Å². The second kappa shape index (κ2) is 7.14. The molecule has 1 heterocycles. The van der Waals surface area contributed by atoms with Gasteiger partial charge < -0.3 is 10.6 Å². The molecule has 110 valence electrons. The van der Waals surface area contributed by atoms with E-state index in [4.69, 9.17) is 0 Å². The third kappa shape index (κ3) is 4.51. The molecule has 0 radical (unpaired) electrons. The van der Waals surface area contributed by atoms with Crippen LogP contribution in [0.2, 0.25) is 0 Å². The second-order valence-electron chi connectivity index (χ2n) is 4.19. The molecule has 21 heavy (non-hydrogen) atoms. The topological polar surface area (TPSA) is 75.3 Å². The lowest BCUT2D eigenvalue weighted by molar-refractivity contribution is -0.136. The van der Waals surface area contributed by atoms with Crippen molar-refractivity contribution in [3.05, 3.63) is 46.7 Å². The number of anilines is 1. The Morgan fingerprint density at radius 2 is 1.86 bits per heavy atom. The van der Waals surface area contributed by atoms with E-state index < -0.39 is 22.6 Å². The van der Waals surface area contributed by atoms with Crippen molar-refractivity contribution in [3.8, 4) is 0 Å². The van der Waals surface area contributed by atoms with Crippen LogP contribution in [-0.4, -0.2) is 22.3 Å². The minimum atomic E-state index is -1.07. The number of carbonyl (C=O) groups is 2. The van der Waals surface area contributed by atoms with Crippen LogP contribution in [0, 0.1) is 0 Å². The Kier molecular flexibility index (Phi) is 5.24. The first-order valence-electron chi connectivity index (χ1n) is 6.11. The molecular formula is C14H14N2O3S2. The van der Waals surface area contributed by atoms with E-state index in [1.54, 1.807) is 30.5 Å². The first-order chi connectivity index (χ1) is 10.1. The van der Waals surface area contributed by atoms with Crippen molar-refractivity contribution in [2.24, 2.45) is 0 Å². The molecule has 2 N–H and O–H groups in total. The van der Waals surface area contributed by atoms with Gasteiger partial charge in [0.1, 0.15) is 0 Å². The molecule has 0 saturated carbocycles. The van der Waals surface area contributed by atoms with Gasteiger partial charge in [0.2, 0.25) is 0 Å². The predicted molar refractivity (Wildman–Crippen MR) is 83.6 cm³/mol. The summed E-state index contributed by atoms with van der Waals surface area (Å²) in [6.45, 7) is 0.331. The first-order valence-corrected chi connectivity index (χ1v) is 8.55. The fourth-order valence-electron chi connectivity index (χ4n) is 1.58. The molecule has 7 heteroatoms. The lowest BCUT2D eigenvalue weighted by Gasteiger charge is -2.06. The highest BCUT2D eigenvalue weighted by Crippen LogP contribution is 2.12. The Bertz CT molecular complexity index is 651. The molecular weight excluding hydrogens is 308 g/mol. The Labute approximate surface area is 128 Å². The molecule has 0 spiro atoms. The van der Waals surface area contributed by atoms with Gasteiger partial charge in [0.25, 0.3) is 0 Å². The predicted octanol–water partition coefficient (Wildman–Crippen LogP) is 1.74. The third-order valence-corrected chi connectivity index (χ3v) is 4.47. The van der Waals surface area contributed by atoms with E-state index in [0.717, 1.165) is 4.88 Å². The largest absolute Gasteiger partial charge is 0.343 e. The number of rotatable bonds is 4. The summed E-state index contributed by atoms with van der Waals surface area (Å²) >= 11 is 1.51. The number of thiophene rings is 1. The highest BCUT2D eigenvalue weighted by atomic mass is 32.2. The Morgan fingerprint density at radius 3 is 2.43 bits per heavy atom. The summed E-state index contributed by atoms with van der Waals surface area (Å²) in [5, 5.41) is 6.94. The van der Waals surface area contributed by atoms with Crippen molar-refractivity contribution in [1.82, 2.24) is 5.32 Å². The Morgan fingerprint density at radius 1 is 1.14 bits per heavy atom. The molecule has 1 aromatic carbocycles. The maximum Gasteiger partial charge on any atom is 0.313 e. The molecule has 0 fully saturated rings. The van der Waals surface area contributed by atoms with Gasteiger partial charge >= 0.3 is 11.8 Å². The molecule has 0 unspecified atom stereocenters. The van der Waals surface area contributed by atoms with E-state index in [2.05, 4.69) is 10.6 Å². The van der Waals surface area contributed by atoms with Crippen molar-refractivity contribution < 1.29 is 13.8 Å². The van der Waals surface area contributed by atoms with Gasteiger partial charge in [-0.3, -0.25) is 13.8 Å². The van der Waals surface area contributed by atoms with E-state index in [1.807, 2.05) is 17.5 Å². The zero-order chi connectivity index (χ0) is 15.2. The highest BCUT2D eigenvalue weighted by Gasteiger charge is 2.13. The van der Waals surface area contributed by atoms with E-state index in [9.17, 15) is 13.8 Å². The van der Waals surface area contributed by atoms with Gasteiger partial charge in [-0.05, 0) is 35.7 Å². The van der Waals surface area contributed by atoms with Gasteiger partial charge in [0.15, 0.2) is 0 Å². The summed E-state index contributed by atoms with van der Waals surface area (Å²) < 4.78 is 11.2. The van der Waals surface area contributed by atoms with E-state index >= 15 is 0 Å². The number of nitrogens with one attached hydrogen (secondary N) is 2. The van der Waals surface area contributed by atoms with Crippen molar-refractivity contribution in [1.29, 1.82) is 0 Å². The van der Waals surface area contributed by atoms with Crippen LogP contribution in [0.25, 0.3) is 0 Å². The lowest BCUT2D eigenvalue weighted by atomic mass is 10.3. The van der Waals surface area contributed by atoms with Crippen LogP contribution in [0.15, 0.2) is 46.7 Å². The molecule has 1 atom stereocenters. The number of benzene rings is 1. The first kappa shape index (κ1) is 15.4. The van der Waals surface area contributed by atoms with Gasteiger partial charge in [-0.2, -0.15) is 0 Å². The van der Waals surface area contributed by atoms with E-state index in [-0.39, 0.29) is 0 Å². The third-order valence-electron chi connectivity index (χ3n) is 2.65. The minimum absolute atomic E-state index is 0.331. The summed E-state index contributed by atoms with van der Waals surface area (Å²) in [5.74, 6) is -1.41. The summed E-state index contributed by atoms with van der Waals surface area (Å²) in [5.41, 5.74) is 0.487. The molecule has 2 rings (SSSR count). The minimum Gasteiger partial charge on any atom is -0.343 e. The van der Waals surface area contributed by atoms with Crippen LogP contribution in [0.5, 0.6) is 0 Å². The smallest absolute Gasteiger partial charge is 0.313 e. The monoisotopic (exact) mass is 322 g/mol. The van der Waals surface area contributed by atoms with Crippen molar-refractivity contribution in [3.63, 3.8) is 0 Å². The number of carbonyl (C=O) groups excluding carboxylic acids is 2. The maximum atomic E-state index is 11.7. The number of hydrogen-bond acceptors (Lipinski definition) is 4. The van der Waals surface area contributed by atoms with Gasteiger partial charge in [-0.25, -0.2) is 0 Å². The zero-order valence-corrected chi connectivity index (χ0v) is 12.9. The van der Waals surface area contributed by atoms with Gasteiger partial charge in [-0.1, -0.05) is 6.07 Å². The van der Waals surface area contributed by atoms with Crippen LogP contribution in [0.4, 0.5) is 5.69 Å². The zero-order valence-electron chi connectivity index (χ0n) is 11.3. The second-order valence-corrected chi connectivity index (χ2v) is 6.61. The fraction of sp³-hybridized carbons (Fsp3) is 0.143. The van der Waals surface area contributed by atoms with Gasteiger partial charge in [-0.15, -0.1) is 11.3 Å². The molecule has 0 aliphatic heterocycles. The molecule has 0 bridgehead atoms. The molecule has 0 saturated heterocycles. The standard InChI is InChI=1S/C14H14N2O3S2/c1-21(19)12-6-4-10(5-7-12)16-14(18)13(17)15-9-11-3-2-8-20-11/h2-8H,9H2,1H3,(H,15,17)(H,16,18)/t21-/m1/s1. The Hall–Kier alpha value is -1.99. The summed E-state index contributed by atoms with van der Waals surface area (Å²) in [6.07, 6.45) is 1.58. The summed E-state index contributed by atoms with van der Waals surface area (Å²) in [7, 11) is -1.07. The van der Waals surface area contributed by atoms with Crippen LogP contribution >= 0.6 is 11.3 Å². The molecule has 2 aromatic rings. The van der Waals surface area contributed by atoms with Crippen LogP contribution in [0.3, 0.4) is 0 Å². The summed E-state index contributed by atoms with van der Waals surface area (Å²) in [4.78, 5) is 25.0. The molecule has 0 aliphatic carbocycles. The van der Waals surface area contributed by atoms with Crippen molar-refractivity contribution in [2.45, 2.75) is 11.4 Å². The molecule has 0 aliphatic rings. The number of amides is 2. The van der Waals surface area contributed by atoms with Crippen molar-refractivity contribution in [2.75, 3.05) is 11.6 Å². The normalized spacial score (nSPS) is 11.7. The van der Waals surface area contributed by atoms with Crippen molar-refractivity contribution >= 4 is 39.6 Å². The fourth-order valence-corrected chi connectivity index (χ4v) is 2.74. The van der Waals surface area contributed by atoms with E-state index in [1.165, 1.54) is 11.3 Å². The Balaban J connectivity index is 1.88. The number of hydrogen-bond donors (Lipinski definition) is 2. The van der Waals surface area contributed by atoms with Crippen LogP contribution in [-0.2, 0) is 26.9 Å². The molecule has 5 nitrogen and oxygen atoms in total. The molecule has 2 amide bonds. The SMILES string of the molecule is C[S@@](=O)c1ccc(NC(=O)C(=O)NCc2cccs2)cc1. The summed E-state index contributed by atoms with van der Waals surface area (Å²) in [6, 6.07) is 10.3. The lowest BCUT2D eigenvalue weighted by Crippen LogP contribution is -2.34. The molecule has 1 aromatic heterocycles. The van der Waals surface area contributed by atoms with Crippen LogP contribution in [0.1, 0.15) is 4.88 Å². The average molecular weight is 322 g/mol. The van der Waals surface area contributed by atoms with E-state index in [0.29, 0.717) is 17.1 Å². The van der Waals surface area contributed by atoms with Gasteiger partial charge in [0, 0.05) is 32.5 Å². The quantitative estimate of drug-likeness (QED) is 0.842.